The molecule has 2 aliphatic rings. The minimum atomic E-state index is -3.25. The third-order valence-electron chi connectivity index (χ3n) is 4.52. The van der Waals surface area contributed by atoms with Gasteiger partial charge in [-0.05, 0) is 38.8 Å². The average molecular weight is 289 g/mol. The Balaban J connectivity index is 1.97. The molecule has 0 radical (unpaired) electrons. The number of hydrogen-bond donors (Lipinski definition) is 1. The summed E-state index contributed by atoms with van der Waals surface area (Å²) in [5.74, 6) is 0.458. The van der Waals surface area contributed by atoms with E-state index >= 15 is 0 Å². The molecule has 19 heavy (non-hydrogen) atoms. The normalized spacial score (nSPS) is 27.2. The molecule has 0 aromatic rings. The number of rotatable bonds is 5. The molecule has 1 atom stereocenters. The average Bonchev–Trinajstić information content (AvgIpc) is 2.89. The lowest BCUT2D eigenvalue weighted by molar-refractivity contribution is 0.268. The van der Waals surface area contributed by atoms with Crippen LogP contribution in [0.5, 0.6) is 0 Å². The van der Waals surface area contributed by atoms with Crippen LogP contribution in [-0.4, -0.2) is 56.8 Å². The molecule has 0 aromatic carbocycles. The molecule has 1 saturated heterocycles. The molecule has 5 nitrogen and oxygen atoms in total. The van der Waals surface area contributed by atoms with Crippen molar-refractivity contribution in [3.8, 4) is 0 Å². The summed E-state index contributed by atoms with van der Waals surface area (Å²) in [6.07, 6.45) is 6.57. The van der Waals surface area contributed by atoms with Gasteiger partial charge in [0, 0.05) is 26.2 Å². The van der Waals surface area contributed by atoms with Crippen molar-refractivity contribution >= 4 is 10.2 Å². The first-order valence-electron chi connectivity index (χ1n) is 7.43. The molecule has 0 spiro atoms. The monoisotopic (exact) mass is 289 g/mol. The topological polar surface area (TPSA) is 52.7 Å². The van der Waals surface area contributed by atoms with E-state index in [0.29, 0.717) is 19.0 Å². The quantitative estimate of drug-likeness (QED) is 0.823. The number of hydrogen-bond acceptors (Lipinski definition) is 3. The van der Waals surface area contributed by atoms with Gasteiger partial charge < -0.3 is 5.32 Å². The second kappa shape index (κ2) is 6.52. The zero-order chi connectivity index (χ0) is 13.9. The van der Waals surface area contributed by atoms with Gasteiger partial charge in [-0.3, -0.25) is 0 Å². The zero-order valence-electron chi connectivity index (χ0n) is 12.1. The summed E-state index contributed by atoms with van der Waals surface area (Å²) in [4.78, 5) is 0. The second-order valence-electron chi connectivity index (χ2n) is 5.89. The summed E-state index contributed by atoms with van der Waals surface area (Å²) in [5, 5.41) is 3.14. The molecule has 1 aliphatic heterocycles. The molecule has 1 N–H and O–H groups in total. The highest BCUT2D eigenvalue weighted by Crippen LogP contribution is 2.27. The Bertz CT molecular complexity index is 379. The summed E-state index contributed by atoms with van der Waals surface area (Å²) in [6, 6.07) is 0.210. The van der Waals surface area contributed by atoms with Crippen molar-refractivity contribution in [1.82, 2.24) is 13.9 Å². The third kappa shape index (κ3) is 3.48. The minimum absolute atomic E-state index is 0.210. The summed E-state index contributed by atoms with van der Waals surface area (Å²) >= 11 is 0. The molecule has 1 heterocycles. The Labute approximate surface area is 117 Å². The van der Waals surface area contributed by atoms with Gasteiger partial charge in [0.25, 0.3) is 10.2 Å². The molecule has 0 amide bonds. The van der Waals surface area contributed by atoms with Crippen LogP contribution in [0.4, 0.5) is 0 Å². The highest BCUT2D eigenvalue weighted by atomic mass is 32.2. The summed E-state index contributed by atoms with van der Waals surface area (Å²) in [5.41, 5.74) is 0. The van der Waals surface area contributed by atoms with E-state index < -0.39 is 10.2 Å². The van der Waals surface area contributed by atoms with Crippen LogP contribution >= 0.6 is 0 Å². The number of nitrogens with zero attached hydrogens (tertiary/aromatic N) is 2. The van der Waals surface area contributed by atoms with E-state index in [1.807, 2.05) is 7.05 Å². The molecular formula is C13H27N3O2S. The molecule has 112 valence electrons. The van der Waals surface area contributed by atoms with Crippen LogP contribution in [0.2, 0.25) is 0 Å². The first-order valence-corrected chi connectivity index (χ1v) is 8.83. The van der Waals surface area contributed by atoms with E-state index in [2.05, 4.69) is 5.32 Å². The molecule has 2 rings (SSSR count). The lowest BCUT2D eigenvalue weighted by Crippen LogP contribution is -2.46. The fourth-order valence-corrected chi connectivity index (χ4v) is 4.96. The Morgan fingerprint density at radius 1 is 1.21 bits per heavy atom. The molecule has 1 saturated carbocycles. The van der Waals surface area contributed by atoms with E-state index in [1.54, 1.807) is 15.7 Å². The summed E-state index contributed by atoms with van der Waals surface area (Å²) < 4.78 is 28.5. The standard InChI is InChI=1S/C13H27N3O2S/c1-14-10-12-8-9-16(11-12)19(17,18)15(2)13-6-4-3-5-7-13/h12-14H,3-11H2,1-2H3. The van der Waals surface area contributed by atoms with Crippen LogP contribution in [0.1, 0.15) is 38.5 Å². The van der Waals surface area contributed by atoms with E-state index in [-0.39, 0.29) is 6.04 Å². The lowest BCUT2D eigenvalue weighted by Gasteiger charge is -2.33. The molecule has 0 aromatic heterocycles. The predicted octanol–water partition coefficient (Wildman–Crippen LogP) is 1.04. The van der Waals surface area contributed by atoms with Crippen molar-refractivity contribution in [3.05, 3.63) is 0 Å². The highest BCUT2D eigenvalue weighted by molar-refractivity contribution is 7.86. The van der Waals surface area contributed by atoms with E-state index in [1.165, 1.54) is 6.42 Å². The molecule has 6 heteroatoms. The zero-order valence-corrected chi connectivity index (χ0v) is 13.0. The van der Waals surface area contributed by atoms with Gasteiger partial charge in [-0.1, -0.05) is 19.3 Å². The molecule has 0 bridgehead atoms. The van der Waals surface area contributed by atoms with E-state index in [0.717, 1.165) is 38.6 Å². The maximum Gasteiger partial charge on any atom is 0.281 e. The van der Waals surface area contributed by atoms with Gasteiger partial charge in [0.2, 0.25) is 0 Å². The van der Waals surface area contributed by atoms with Crippen molar-refractivity contribution in [2.24, 2.45) is 5.92 Å². The largest absolute Gasteiger partial charge is 0.319 e. The second-order valence-corrected chi connectivity index (χ2v) is 7.87. The molecule has 1 unspecified atom stereocenters. The first kappa shape index (κ1) is 15.2. The van der Waals surface area contributed by atoms with E-state index in [9.17, 15) is 8.42 Å². The first-order chi connectivity index (χ1) is 9.05. The molecule has 1 aliphatic carbocycles. The van der Waals surface area contributed by atoms with Crippen molar-refractivity contribution < 1.29 is 8.42 Å². The molecule has 2 fully saturated rings. The number of nitrogens with one attached hydrogen (secondary N) is 1. The van der Waals surface area contributed by atoms with Gasteiger partial charge in [0.1, 0.15) is 0 Å². The highest BCUT2D eigenvalue weighted by Gasteiger charge is 2.36. The summed E-state index contributed by atoms with van der Waals surface area (Å²) in [7, 11) is 0.432. The van der Waals surface area contributed by atoms with Crippen molar-refractivity contribution in [1.29, 1.82) is 0 Å². The maximum absolute atomic E-state index is 12.6. The Morgan fingerprint density at radius 3 is 2.53 bits per heavy atom. The van der Waals surface area contributed by atoms with Crippen molar-refractivity contribution in [2.75, 3.05) is 33.7 Å². The van der Waals surface area contributed by atoms with Gasteiger partial charge in [-0.2, -0.15) is 17.0 Å². The van der Waals surface area contributed by atoms with Gasteiger partial charge in [-0.15, -0.1) is 0 Å². The van der Waals surface area contributed by atoms with Crippen molar-refractivity contribution in [2.45, 2.75) is 44.6 Å². The van der Waals surface area contributed by atoms with E-state index in [4.69, 9.17) is 0 Å². The fourth-order valence-electron chi connectivity index (χ4n) is 3.28. The van der Waals surface area contributed by atoms with Gasteiger partial charge in [0.15, 0.2) is 0 Å². The SMILES string of the molecule is CNCC1CCN(S(=O)(=O)N(C)C2CCCCC2)C1. The van der Waals surface area contributed by atoms with Crippen LogP contribution in [0.15, 0.2) is 0 Å². The smallest absolute Gasteiger partial charge is 0.281 e. The molecular weight excluding hydrogens is 262 g/mol. The van der Waals surface area contributed by atoms with Crippen LogP contribution in [-0.2, 0) is 10.2 Å². The van der Waals surface area contributed by atoms with Crippen LogP contribution in [0.3, 0.4) is 0 Å². The minimum Gasteiger partial charge on any atom is -0.319 e. The Kier molecular flexibility index (Phi) is 5.22. The van der Waals surface area contributed by atoms with Crippen LogP contribution in [0.25, 0.3) is 0 Å². The maximum atomic E-state index is 12.6. The van der Waals surface area contributed by atoms with Crippen molar-refractivity contribution in [3.63, 3.8) is 0 Å². The predicted molar refractivity (Wildman–Crippen MR) is 77.2 cm³/mol. The summed E-state index contributed by atoms with van der Waals surface area (Å²) in [6.45, 7) is 2.24. The fraction of sp³-hybridized carbons (Fsp3) is 1.00. The van der Waals surface area contributed by atoms with Gasteiger partial charge in [0.05, 0.1) is 0 Å². The third-order valence-corrected chi connectivity index (χ3v) is 6.53. The van der Waals surface area contributed by atoms with Gasteiger partial charge in [-0.25, -0.2) is 0 Å². The Hall–Kier alpha value is -0.170. The van der Waals surface area contributed by atoms with Crippen LogP contribution < -0.4 is 5.32 Å². The lowest BCUT2D eigenvalue weighted by atomic mass is 9.96. The Morgan fingerprint density at radius 2 is 1.89 bits per heavy atom. The van der Waals surface area contributed by atoms with Crippen LogP contribution in [0, 0.1) is 5.92 Å². The van der Waals surface area contributed by atoms with Gasteiger partial charge >= 0.3 is 0 Å².